The van der Waals surface area contributed by atoms with Gasteiger partial charge in [-0.25, -0.2) is 0 Å². The number of nitrogens with zero attached hydrogens (tertiary/aromatic N) is 1. The van der Waals surface area contributed by atoms with Crippen LogP contribution in [0.3, 0.4) is 0 Å². The summed E-state index contributed by atoms with van der Waals surface area (Å²) in [6.45, 7) is 4.79. The lowest BCUT2D eigenvalue weighted by atomic mass is 9.97. The van der Waals surface area contributed by atoms with Crippen LogP contribution in [0.2, 0.25) is 0 Å². The van der Waals surface area contributed by atoms with Gasteiger partial charge in [0.2, 0.25) is 0 Å². The maximum absolute atomic E-state index is 12.2. The summed E-state index contributed by atoms with van der Waals surface area (Å²) >= 11 is 0. The van der Waals surface area contributed by atoms with E-state index in [0.717, 1.165) is 46.5 Å². The van der Waals surface area contributed by atoms with Crippen molar-refractivity contribution >= 4 is 34.4 Å². The highest BCUT2D eigenvalue weighted by Crippen LogP contribution is 2.22. The number of pyridine rings is 1. The van der Waals surface area contributed by atoms with Crippen molar-refractivity contribution in [1.29, 1.82) is 0 Å². The quantitative estimate of drug-likeness (QED) is 0.636. The summed E-state index contributed by atoms with van der Waals surface area (Å²) in [5.74, 6) is 0.0126. The lowest BCUT2D eigenvalue weighted by Crippen LogP contribution is -2.30. The second-order valence-corrected chi connectivity index (χ2v) is 7.44. The molecule has 2 aromatic carbocycles. The van der Waals surface area contributed by atoms with Crippen molar-refractivity contribution < 1.29 is 4.79 Å². The first-order chi connectivity index (χ1) is 14.1. The highest BCUT2D eigenvalue weighted by Gasteiger charge is 2.15. The van der Waals surface area contributed by atoms with Gasteiger partial charge in [-0.3, -0.25) is 9.78 Å². The van der Waals surface area contributed by atoms with Crippen LogP contribution in [0, 0.1) is 0 Å². The average molecular weight is 380 g/mol. The summed E-state index contributed by atoms with van der Waals surface area (Å²) in [7, 11) is 0. The van der Waals surface area contributed by atoms with Gasteiger partial charge in [-0.2, -0.15) is 0 Å². The highest BCUT2D eigenvalue weighted by atomic mass is 16.1. The Balaban J connectivity index is 1.58. The van der Waals surface area contributed by atoms with Crippen LogP contribution < -0.4 is 5.32 Å². The lowest BCUT2D eigenvalue weighted by Gasteiger charge is -2.16. The third-order valence-corrected chi connectivity index (χ3v) is 5.31. The van der Waals surface area contributed by atoms with Crippen LogP contribution in [0.25, 0.3) is 28.5 Å². The second kappa shape index (κ2) is 8.27. The molecule has 0 bridgehead atoms. The third kappa shape index (κ3) is 4.35. The number of allylic oxidation sites excluding steroid dienone is 1. The molecule has 144 valence electrons. The number of nitrogens with one attached hydrogen (secondary N) is 1. The fourth-order valence-corrected chi connectivity index (χ4v) is 3.55. The topological polar surface area (TPSA) is 42.0 Å². The number of benzene rings is 2. The molecule has 1 aromatic heterocycles. The highest BCUT2D eigenvalue weighted by molar-refractivity contribution is 5.99. The Morgan fingerprint density at radius 1 is 1.03 bits per heavy atom. The van der Waals surface area contributed by atoms with Gasteiger partial charge in [0.25, 0.3) is 5.91 Å². The smallest absolute Gasteiger partial charge is 0.251 e. The SMILES string of the molecule is CC1=C(/C=C(\C)c2ccnc(/C=C/c3ccc4ccccc4c3)c2)C(=O)NCC1. The maximum Gasteiger partial charge on any atom is 0.251 e. The van der Waals surface area contributed by atoms with Crippen LogP contribution in [-0.2, 0) is 4.79 Å². The molecule has 0 saturated carbocycles. The zero-order valence-electron chi connectivity index (χ0n) is 16.8. The molecule has 0 saturated heterocycles. The molecule has 0 atom stereocenters. The van der Waals surface area contributed by atoms with Crippen LogP contribution in [0.5, 0.6) is 0 Å². The summed E-state index contributed by atoms with van der Waals surface area (Å²) in [6.07, 6.45) is 8.81. The Labute approximate surface area is 171 Å². The first-order valence-electron chi connectivity index (χ1n) is 9.90. The van der Waals surface area contributed by atoms with Crippen LogP contribution in [0.1, 0.15) is 37.1 Å². The molecule has 2 heterocycles. The van der Waals surface area contributed by atoms with E-state index < -0.39 is 0 Å². The number of carbonyl (C=O) groups is 1. The number of rotatable bonds is 4. The van der Waals surface area contributed by atoms with Crippen LogP contribution in [-0.4, -0.2) is 17.4 Å². The molecule has 1 N–H and O–H groups in total. The molecule has 0 unspecified atom stereocenters. The molecule has 0 aliphatic carbocycles. The minimum absolute atomic E-state index is 0.0126. The Bertz CT molecular complexity index is 1170. The number of hydrogen-bond donors (Lipinski definition) is 1. The fraction of sp³-hybridized carbons (Fsp3) is 0.154. The van der Waals surface area contributed by atoms with Gasteiger partial charge in [0.15, 0.2) is 0 Å². The summed E-state index contributed by atoms with van der Waals surface area (Å²) in [5.41, 5.74) is 6.07. The minimum atomic E-state index is 0.0126. The first kappa shape index (κ1) is 18.9. The Morgan fingerprint density at radius 2 is 1.86 bits per heavy atom. The Hall–Kier alpha value is -3.46. The zero-order chi connectivity index (χ0) is 20.2. The summed E-state index contributed by atoms with van der Waals surface area (Å²) in [4.78, 5) is 16.6. The normalized spacial score (nSPS) is 15.2. The van der Waals surface area contributed by atoms with E-state index in [-0.39, 0.29) is 5.91 Å². The van der Waals surface area contributed by atoms with Crippen molar-refractivity contribution in [2.75, 3.05) is 6.54 Å². The van der Waals surface area contributed by atoms with Gasteiger partial charge in [-0.15, -0.1) is 0 Å². The average Bonchev–Trinajstić information content (AvgIpc) is 2.75. The van der Waals surface area contributed by atoms with Gasteiger partial charge in [0.05, 0.1) is 5.69 Å². The van der Waals surface area contributed by atoms with E-state index in [0.29, 0.717) is 0 Å². The number of amides is 1. The van der Waals surface area contributed by atoms with Crippen molar-refractivity contribution in [3.05, 3.63) is 94.8 Å². The molecule has 0 spiro atoms. The van der Waals surface area contributed by atoms with Gasteiger partial charge < -0.3 is 5.32 Å². The Kier molecular flexibility index (Phi) is 5.39. The molecule has 3 aromatic rings. The molecular formula is C26H24N2O. The maximum atomic E-state index is 12.2. The number of aromatic nitrogens is 1. The summed E-state index contributed by atoms with van der Waals surface area (Å²) in [6, 6.07) is 18.8. The molecule has 0 radical (unpaired) electrons. The minimum Gasteiger partial charge on any atom is -0.352 e. The summed E-state index contributed by atoms with van der Waals surface area (Å²) < 4.78 is 0. The number of hydrogen-bond acceptors (Lipinski definition) is 2. The molecule has 4 rings (SSSR count). The van der Waals surface area contributed by atoms with E-state index >= 15 is 0 Å². The van der Waals surface area contributed by atoms with E-state index in [4.69, 9.17) is 0 Å². The van der Waals surface area contributed by atoms with Crippen LogP contribution in [0.15, 0.2) is 78.0 Å². The zero-order valence-corrected chi connectivity index (χ0v) is 16.8. The third-order valence-electron chi connectivity index (χ3n) is 5.31. The molecule has 1 aliphatic heterocycles. The van der Waals surface area contributed by atoms with Crippen molar-refractivity contribution in [2.24, 2.45) is 0 Å². The fourth-order valence-electron chi connectivity index (χ4n) is 3.55. The molecular weight excluding hydrogens is 356 g/mol. The molecule has 0 fully saturated rings. The first-order valence-corrected chi connectivity index (χ1v) is 9.90. The van der Waals surface area contributed by atoms with Gasteiger partial charge in [0, 0.05) is 18.3 Å². The predicted octanol–water partition coefficient (Wildman–Crippen LogP) is 5.64. The molecule has 29 heavy (non-hydrogen) atoms. The van der Waals surface area contributed by atoms with Crippen molar-refractivity contribution in [3.8, 4) is 0 Å². The molecule has 3 nitrogen and oxygen atoms in total. The van der Waals surface area contributed by atoms with E-state index in [1.54, 1.807) is 0 Å². The van der Waals surface area contributed by atoms with Crippen LogP contribution >= 0.6 is 0 Å². The van der Waals surface area contributed by atoms with Crippen molar-refractivity contribution in [2.45, 2.75) is 20.3 Å². The summed E-state index contributed by atoms with van der Waals surface area (Å²) in [5, 5.41) is 5.38. The molecule has 3 heteroatoms. The number of carbonyl (C=O) groups excluding carboxylic acids is 1. The van der Waals surface area contributed by atoms with Crippen LogP contribution in [0.4, 0.5) is 0 Å². The largest absolute Gasteiger partial charge is 0.352 e. The van der Waals surface area contributed by atoms with Gasteiger partial charge in [-0.1, -0.05) is 48.0 Å². The lowest BCUT2D eigenvalue weighted by molar-refractivity contribution is -0.117. The molecule has 1 aliphatic rings. The predicted molar refractivity (Wildman–Crippen MR) is 121 cm³/mol. The Morgan fingerprint density at radius 3 is 2.69 bits per heavy atom. The monoisotopic (exact) mass is 380 g/mol. The van der Waals surface area contributed by atoms with Crippen molar-refractivity contribution in [1.82, 2.24) is 10.3 Å². The van der Waals surface area contributed by atoms with E-state index in [1.165, 1.54) is 10.8 Å². The van der Waals surface area contributed by atoms with Gasteiger partial charge >= 0.3 is 0 Å². The van der Waals surface area contributed by atoms with Crippen molar-refractivity contribution in [3.63, 3.8) is 0 Å². The van der Waals surface area contributed by atoms with Gasteiger partial charge in [-0.05, 0) is 78.1 Å². The standard InChI is InChI=1S/C26H24N2O/c1-18-11-13-28-26(29)25(18)15-19(2)22-12-14-27-24(17-22)10-8-20-7-9-21-5-3-4-6-23(21)16-20/h3-10,12,14-17H,11,13H2,1-2H3,(H,28,29)/b10-8+,19-15+. The molecule has 1 amide bonds. The number of fused-ring (bicyclic) bond motifs is 1. The second-order valence-electron chi connectivity index (χ2n) is 7.44. The van der Waals surface area contributed by atoms with E-state index in [2.05, 4.69) is 64.9 Å². The van der Waals surface area contributed by atoms with E-state index in [9.17, 15) is 4.79 Å². The van der Waals surface area contributed by atoms with Gasteiger partial charge in [0.1, 0.15) is 0 Å². The van der Waals surface area contributed by atoms with E-state index in [1.807, 2.05) is 38.3 Å².